The summed E-state index contributed by atoms with van der Waals surface area (Å²) in [6.45, 7) is 4.58. The topological polar surface area (TPSA) is 46.1 Å². The number of hydrogen-bond acceptors (Lipinski definition) is 4. The van der Waals surface area contributed by atoms with Crippen LogP contribution in [0.25, 0.3) is 21.0 Å². The maximum atomic E-state index is 13.5. The summed E-state index contributed by atoms with van der Waals surface area (Å²) in [6, 6.07) is 24.4. The number of carbonyl (C=O) groups excluding carboxylic acids is 1. The minimum Gasteiger partial charge on any atom is -0.282 e. The van der Waals surface area contributed by atoms with Gasteiger partial charge in [0.25, 0.3) is 0 Å². The normalized spacial score (nSPS) is 11.2. The van der Waals surface area contributed by atoms with Gasteiger partial charge in [-0.05, 0) is 65.6 Å². The summed E-state index contributed by atoms with van der Waals surface area (Å²) in [6.07, 6.45) is 2.07. The molecular weight excluding hydrogens is 414 g/mol. The first kappa shape index (κ1) is 20.3. The van der Waals surface area contributed by atoms with E-state index in [2.05, 4.69) is 55.2 Å². The molecule has 0 aliphatic rings. The van der Waals surface area contributed by atoms with E-state index in [1.54, 1.807) is 22.4 Å². The summed E-state index contributed by atoms with van der Waals surface area (Å²) in [5.41, 5.74) is 5.19. The number of carbonyl (C=O) groups is 1. The first-order chi connectivity index (χ1) is 15.6. The number of rotatable bonds is 5. The van der Waals surface area contributed by atoms with Crippen LogP contribution in [0.1, 0.15) is 22.4 Å². The molecule has 0 saturated heterocycles. The van der Waals surface area contributed by atoms with Crippen LogP contribution in [0.2, 0.25) is 0 Å². The van der Waals surface area contributed by atoms with Crippen molar-refractivity contribution in [3.05, 3.63) is 101 Å². The van der Waals surface area contributed by atoms with E-state index in [4.69, 9.17) is 4.98 Å². The Hall–Kier alpha value is -3.57. The summed E-state index contributed by atoms with van der Waals surface area (Å²) in [5, 5.41) is 3.02. The van der Waals surface area contributed by atoms with Crippen LogP contribution < -0.4 is 4.90 Å². The van der Waals surface area contributed by atoms with E-state index in [0.29, 0.717) is 18.1 Å². The molecule has 0 unspecified atom stereocenters. The Morgan fingerprint density at radius 2 is 1.69 bits per heavy atom. The molecule has 0 saturated carbocycles. The van der Waals surface area contributed by atoms with Gasteiger partial charge in [-0.2, -0.15) is 0 Å². The Morgan fingerprint density at radius 3 is 2.50 bits per heavy atom. The zero-order chi connectivity index (χ0) is 22.1. The van der Waals surface area contributed by atoms with Gasteiger partial charge in [0.1, 0.15) is 0 Å². The molecule has 32 heavy (non-hydrogen) atoms. The molecule has 0 N–H and O–H groups in total. The molecule has 0 radical (unpaired) electrons. The molecule has 0 spiro atoms. The second-order valence-electron chi connectivity index (χ2n) is 8.06. The number of pyridine rings is 1. The van der Waals surface area contributed by atoms with Crippen molar-refractivity contribution in [2.24, 2.45) is 0 Å². The number of benzene rings is 3. The Labute approximate surface area is 191 Å². The lowest BCUT2D eigenvalue weighted by atomic mass is 10.0. The highest BCUT2D eigenvalue weighted by atomic mass is 32.1. The fourth-order valence-electron chi connectivity index (χ4n) is 3.82. The van der Waals surface area contributed by atoms with Crippen LogP contribution in [0.3, 0.4) is 0 Å². The van der Waals surface area contributed by atoms with Crippen molar-refractivity contribution >= 4 is 43.4 Å². The van der Waals surface area contributed by atoms with Gasteiger partial charge in [0.2, 0.25) is 5.91 Å². The molecule has 158 valence electrons. The van der Waals surface area contributed by atoms with Crippen molar-refractivity contribution in [2.75, 3.05) is 4.90 Å². The summed E-state index contributed by atoms with van der Waals surface area (Å²) >= 11 is 1.56. The van der Waals surface area contributed by atoms with Crippen molar-refractivity contribution in [2.45, 2.75) is 26.8 Å². The predicted molar refractivity (Wildman–Crippen MR) is 132 cm³/mol. The van der Waals surface area contributed by atoms with E-state index in [-0.39, 0.29) is 5.91 Å². The van der Waals surface area contributed by atoms with Gasteiger partial charge in [0, 0.05) is 6.20 Å². The highest BCUT2D eigenvalue weighted by molar-refractivity contribution is 7.22. The van der Waals surface area contributed by atoms with E-state index in [9.17, 15) is 4.79 Å². The molecule has 5 aromatic rings. The van der Waals surface area contributed by atoms with Crippen LogP contribution in [0.15, 0.2) is 79.0 Å². The average Bonchev–Trinajstić information content (AvgIpc) is 3.20. The molecule has 0 atom stereocenters. The second-order valence-corrected chi connectivity index (χ2v) is 9.07. The molecule has 5 rings (SSSR count). The lowest BCUT2D eigenvalue weighted by Crippen LogP contribution is -2.32. The molecule has 2 heterocycles. The third-order valence-electron chi connectivity index (χ3n) is 5.74. The summed E-state index contributed by atoms with van der Waals surface area (Å²) in [4.78, 5) is 24.6. The van der Waals surface area contributed by atoms with Crippen LogP contribution in [0.5, 0.6) is 0 Å². The van der Waals surface area contributed by atoms with E-state index in [1.807, 2.05) is 36.4 Å². The summed E-state index contributed by atoms with van der Waals surface area (Å²) in [7, 11) is 0. The van der Waals surface area contributed by atoms with Gasteiger partial charge in [-0.25, -0.2) is 4.98 Å². The monoisotopic (exact) mass is 437 g/mol. The number of thiazole rings is 1. The molecule has 2 aromatic heterocycles. The van der Waals surface area contributed by atoms with Gasteiger partial charge >= 0.3 is 0 Å². The van der Waals surface area contributed by atoms with Gasteiger partial charge in [-0.1, -0.05) is 59.9 Å². The number of aryl methyl sites for hydroxylation is 2. The van der Waals surface area contributed by atoms with E-state index in [0.717, 1.165) is 26.9 Å². The standard InChI is InChI=1S/C27H23N3OS/c1-18-13-24-25(14-19(18)2)32-27(29-24)30(17-23-9-5-6-12-28-23)26(31)16-20-10-11-21-7-3-4-8-22(21)15-20/h3-15H,16-17H2,1-2H3. The Balaban J connectivity index is 1.50. The highest BCUT2D eigenvalue weighted by Gasteiger charge is 2.21. The Bertz CT molecular complexity index is 1390. The zero-order valence-corrected chi connectivity index (χ0v) is 18.9. The lowest BCUT2D eigenvalue weighted by molar-refractivity contribution is -0.118. The SMILES string of the molecule is Cc1cc2nc(N(Cc3ccccn3)C(=O)Cc3ccc4ccccc4c3)sc2cc1C. The van der Waals surface area contributed by atoms with Gasteiger partial charge < -0.3 is 0 Å². The number of hydrogen-bond donors (Lipinski definition) is 0. The highest BCUT2D eigenvalue weighted by Crippen LogP contribution is 2.32. The maximum absolute atomic E-state index is 13.5. The minimum atomic E-state index is 0.0124. The third kappa shape index (κ3) is 4.12. The molecule has 0 bridgehead atoms. The number of amides is 1. The number of nitrogens with zero attached hydrogens (tertiary/aromatic N) is 3. The smallest absolute Gasteiger partial charge is 0.233 e. The van der Waals surface area contributed by atoms with Crippen LogP contribution in [-0.4, -0.2) is 15.9 Å². The van der Waals surface area contributed by atoms with Gasteiger partial charge in [-0.3, -0.25) is 14.7 Å². The fourth-order valence-corrected chi connectivity index (χ4v) is 4.88. The minimum absolute atomic E-state index is 0.0124. The van der Waals surface area contributed by atoms with Crippen molar-refractivity contribution in [1.29, 1.82) is 0 Å². The van der Waals surface area contributed by atoms with Crippen molar-refractivity contribution in [3.8, 4) is 0 Å². The average molecular weight is 438 g/mol. The van der Waals surface area contributed by atoms with E-state index >= 15 is 0 Å². The van der Waals surface area contributed by atoms with Crippen LogP contribution in [-0.2, 0) is 17.8 Å². The molecule has 0 aliphatic heterocycles. The molecule has 0 aliphatic carbocycles. The van der Waals surface area contributed by atoms with Crippen molar-refractivity contribution in [3.63, 3.8) is 0 Å². The fraction of sp³-hybridized carbons (Fsp3) is 0.148. The first-order valence-corrected chi connectivity index (χ1v) is 11.4. The molecule has 0 fully saturated rings. The largest absolute Gasteiger partial charge is 0.282 e. The molecule has 3 aromatic carbocycles. The summed E-state index contributed by atoms with van der Waals surface area (Å²) < 4.78 is 1.09. The molecular formula is C27H23N3OS. The van der Waals surface area contributed by atoms with Gasteiger partial charge in [0.05, 0.1) is 28.9 Å². The Kier molecular flexibility index (Phi) is 5.41. The predicted octanol–water partition coefficient (Wildman–Crippen LogP) is 6.24. The van der Waals surface area contributed by atoms with Gasteiger partial charge in [0.15, 0.2) is 5.13 Å². The van der Waals surface area contributed by atoms with Crippen LogP contribution in [0.4, 0.5) is 5.13 Å². The van der Waals surface area contributed by atoms with Crippen LogP contribution >= 0.6 is 11.3 Å². The zero-order valence-electron chi connectivity index (χ0n) is 18.1. The first-order valence-electron chi connectivity index (χ1n) is 10.6. The van der Waals surface area contributed by atoms with Crippen LogP contribution in [0, 0.1) is 13.8 Å². The quantitative estimate of drug-likeness (QED) is 0.327. The maximum Gasteiger partial charge on any atom is 0.233 e. The lowest BCUT2D eigenvalue weighted by Gasteiger charge is -2.19. The second kappa shape index (κ2) is 8.52. The van der Waals surface area contributed by atoms with Gasteiger partial charge in [-0.15, -0.1) is 0 Å². The summed E-state index contributed by atoms with van der Waals surface area (Å²) in [5.74, 6) is 0.0124. The molecule has 5 heteroatoms. The third-order valence-corrected chi connectivity index (χ3v) is 6.78. The molecule has 4 nitrogen and oxygen atoms in total. The van der Waals surface area contributed by atoms with Crippen molar-refractivity contribution in [1.82, 2.24) is 9.97 Å². The number of aromatic nitrogens is 2. The van der Waals surface area contributed by atoms with E-state index < -0.39 is 0 Å². The Morgan fingerprint density at radius 1 is 0.906 bits per heavy atom. The molecule has 1 amide bonds. The number of anilines is 1. The number of fused-ring (bicyclic) bond motifs is 2. The van der Waals surface area contributed by atoms with E-state index in [1.165, 1.54) is 16.5 Å². The van der Waals surface area contributed by atoms with Crippen molar-refractivity contribution < 1.29 is 4.79 Å².